The third-order valence-corrected chi connectivity index (χ3v) is 8.04. The zero-order valence-corrected chi connectivity index (χ0v) is 22.5. The molecule has 0 saturated heterocycles. The van der Waals surface area contributed by atoms with Crippen LogP contribution in [0.4, 0.5) is 57.8 Å². The van der Waals surface area contributed by atoms with Crippen molar-refractivity contribution in [3.8, 4) is 0 Å². The summed E-state index contributed by atoms with van der Waals surface area (Å²) in [4.78, 5) is 0. The Labute approximate surface area is 172 Å². The first-order valence-electron chi connectivity index (χ1n) is 4.70. The summed E-state index contributed by atoms with van der Waals surface area (Å²) in [5, 5.41) is 0. The summed E-state index contributed by atoms with van der Waals surface area (Å²) in [5.74, 6) is 0. The van der Waals surface area contributed by atoms with Gasteiger partial charge in [0.2, 0.25) is 0 Å². The van der Waals surface area contributed by atoms with Gasteiger partial charge in [0.15, 0.2) is 0 Å². The molecular formula is AgBF20O4Te4. The van der Waals surface area contributed by atoms with Crippen molar-refractivity contribution in [1.29, 1.82) is 0 Å². The van der Waals surface area contributed by atoms with Crippen LogP contribution in [-0.2, 0) is 34.5 Å². The molecule has 0 N–H and O–H groups in total. The summed E-state index contributed by atoms with van der Waals surface area (Å²) in [5.41, 5.74) is 0. The zero-order chi connectivity index (χ0) is 25.0. The van der Waals surface area contributed by atoms with Crippen molar-refractivity contribution in [2.24, 2.45) is 0 Å². The Morgan fingerprint density at radius 1 is 0.300 bits per heavy atom. The second-order valence-electron chi connectivity index (χ2n) is 4.55. The second-order valence-corrected chi connectivity index (χ2v) is 27.3. The van der Waals surface area contributed by atoms with E-state index in [4.69, 9.17) is 0 Å². The van der Waals surface area contributed by atoms with E-state index in [1.807, 2.05) is 0 Å². The second kappa shape index (κ2) is 5.54. The number of hydrogen-bond acceptors (Lipinski definition) is 4. The van der Waals surface area contributed by atoms with Gasteiger partial charge in [-0.1, -0.05) is 0 Å². The van der Waals surface area contributed by atoms with Gasteiger partial charge >= 0.3 is 174 Å². The molecule has 0 unspecified atom stereocenters. The van der Waals surface area contributed by atoms with Gasteiger partial charge in [-0.15, -0.1) is 0 Å². The average molecular weight is 1070 g/mol. The predicted octanol–water partition coefficient (Wildman–Crippen LogP) is 6.22. The van der Waals surface area contributed by atoms with Crippen molar-refractivity contribution in [1.82, 2.24) is 0 Å². The molecule has 0 rings (SSSR count). The molecule has 0 aromatic carbocycles. The topological polar surface area (TPSA) is 36.9 Å². The maximum Gasteiger partial charge on any atom is 1.00 e. The van der Waals surface area contributed by atoms with Crippen LogP contribution in [-0.4, -0.2) is 81.7 Å². The maximum atomic E-state index is 12.0. The Kier molecular flexibility index (Phi) is 6.38. The first-order valence-corrected chi connectivity index (χ1v) is 26.1. The summed E-state index contributed by atoms with van der Waals surface area (Å²) in [7, 11) is 0. The van der Waals surface area contributed by atoms with E-state index < -0.39 is 81.7 Å². The minimum atomic E-state index is -13.9. The number of rotatable bonds is 8. The van der Waals surface area contributed by atoms with Crippen LogP contribution < -0.4 is 0 Å². The van der Waals surface area contributed by atoms with E-state index in [-0.39, 0.29) is 22.4 Å². The smallest absolute Gasteiger partial charge is 1.00 e. The molecule has 0 amide bonds. The molecule has 0 atom stereocenters. The fourth-order valence-electron chi connectivity index (χ4n) is 0.987. The average Bonchev–Trinajstić information content (AvgIpc) is 1.65. The van der Waals surface area contributed by atoms with E-state index in [9.17, 15) is 57.8 Å². The van der Waals surface area contributed by atoms with Crippen LogP contribution in [0.25, 0.3) is 0 Å². The van der Waals surface area contributed by atoms with Crippen LogP contribution in [0, 0.1) is 0 Å². The van der Waals surface area contributed by atoms with Crippen molar-refractivity contribution in [2.45, 2.75) is 0 Å². The van der Waals surface area contributed by atoms with Gasteiger partial charge in [0.05, 0.1) is 0 Å². The van der Waals surface area contributed by atoms with E-state index in [0.717, 1.165) is 0 Å². The fraction of sp³-hybridized carbons (Fsp3) is 0. The van der Waals surface area contributed by atoms with Gasteiger partial charge in [-0.25, -0.2) is 0 Å². The molecule has 0 aliphatic heterocycles. The Hall–Kier alpha value is 2.40. The monoisotopic (exact) mass is 1080 g/mol. The molecule has 4 nitrogen and oxygen atoms in total. The van der Waals surface area contributed by atoms with Gasteiger partial charge in [0, 0.05) is 0 Å². The van der Waals surface area contributed by atoms with Crippen LogP contribution in [0.3, 0.4) is 0 Å². The van der Waals surface area contributed by atoms with Crippen LogP contribution in [0.1, 0.15) is 0 Å². The Bertz CT molecular complexity index is 580. The molecule has 0 aromatic rings. The van der Waals surface area contributed by atoms with E-state index in [1.54, 1.807) is 0 Å². The standard InChI is InChI=1S/Ag.BF20O4Te4/c;2-26(3,4,5,6)22-1(23-27(7,8,9,10)11,24-28(12,13,14,15)16)25-29(17,18,19,20)21/q+1;-1. The van der Waals surface area contributed by atoms with Crippen LogP contribution >= 0.6 is 0 Å². The van der Waals surface area contributed by atoms with Gasteiger partial charge in [0.25, 0.3) is 0 Å². The molecule has 0 aliphatic carbocycles. The van der Waals surface area contributed by atoms with Gasteiger partial charge in [-0.3, -0.25) is 0 Å². The summed E-state index contributed by atoms with van der Waals surface area (Å²) in [6.07, 6.45) is 0. The summed E-state index contributed by atoms with van der Waals surface area (Å²) in [6.45, 7) is -9.95. The Morgan fingerprint density at radius 2 is 0.400 bits per heavy atom. The van der Waals surface area contributed by atoms with E-state index in [0.29, 0.717) is 12.1 Å². The fourth-order valence-corrected chi connectivity index (χ4v) is 10.3. The zero-order valence-electron chi connectivity index (χ0n) is 11.7. The molecule has 0 aromatic heterocycles. The van der Waals surface area contributed by atoms with Crippen molar-refractivity contribution in [2.75, 3.05) is 0 Å². The molecule has 0 fully saturated rings. The number of hydrogen-bond donors (Lipinski definition) is 0. The Balaban J connectivity index is 0. The van der Waals surface area contributed by atoms with E-state index >= 15 is 0 Å². The molecule has 30 heteroatoms. The van der Waals surface area contributed by atoms with Crippen molar-refractivity contribution in [3.05, 3.63) is 0 Å². The maximum absolute atomic E-state index is 13.9. The van der Waals surface area contributed by atoms with Crippen molar-refractivity contribution < 1.29 is 92.3 Å². The summed E-state index contributed by atoms with van der Waals surface area (Å²) >= 11 is -55.7. The van der Waals surface area contributed by atoms with Crippen molar-refractivity contribution >= 4 is 81.7 Å². The molecule has 202 valence electrons. The quantitative estimate of drug-likeness (QED) is 0.214. The third-order valence-electron chi connectivity index (χ3n) is 1.20. The van der Waals surface area contributed by atoms with Gasteiger partial charge in [-0.2, -0.15) is 0 Å². The predicted molar refractivity (Wildman–Crippen MR) is 55.3 cm³/mol. The minimum absolute atomic E-state index is 0. The third kappa shape index (κ3) is 22.2. The molecule has 0 heterocycles. The van der Waals surface area contributed by atoms with Gasteiger partial charge < -0.3 is 0 Å². The van der Waals surface area contributed by atoms with Gasteiger partial charge in [0.1, 0.15) is 0 Å². The molecular weight excluding hydrogens is 1070 g/mol. The molecule has 0 aliphatic rings. The normalized spacial score (nSPS) is 26.0. The molecule has 0 spiro atoms. The van der Waals surface area contributed by atoms with Crippen molar-refractivity contribution in [3.63, 3.8) is 0 Å². The Morgan fingerprint density at radius 3 is 0.467 bits per heavy atom. The molecule has 0 bridgehead atoms. The first kappa shape index (κ1) is 34.6. The SMILES string of the molecule is F[Te](F)(F)(F)(F)O[B-](O[Te](F)(F)(F)(F)F)(O[Te](F)(F)(F)(F)F)O[Te](F)(F)(F)(F)F.[Ag+]. The largest absolute Gasteiger partial charge is 1.00 e. The molecule has 0 saturated carbocycles. The van der Waals surface area contributed by atoms with Gasteiger partial charge in [-0.05, 0) is 0 Å². The van der Waals surface area contributed by atoms with Crippen LogP contribution in [0.15, 0.2) is 0 Å². The summed E-state index contributed by atoms with van der Waals surface area (Å²) in [6, 6.07) is 0. The van der Waals surface area contributed by atoms with Crippen LogP contribution in [0.2, 0.25) is 0 Å². The van der Waals surface area contributed by atoms with Crippen LogP contribution in [0.5, 0.6) is 0 Å². The molecule has 30 heavy (non-hydrogen) atoms. The minimum Gasteiger partial charge on any atom is 1.00 e. The first-order chi connectivity index (χ1) is 10.7. The van der Waals surface area contributed by atoms with E-state index in [1.165, 1.54) is 0 Å². The number of halogens is 20. The van der Waals surface area contributed by atoms with E-state index in [2.05, 4.69) is 0 Å². The molecule has 0 radical (unpaired) electrons. The summed E-state index contributed by atoms with van der Waals surface area (Å²) < 4.78 is 242.